The van der Waals surface area contributed by atoms with Crippen LogP contribution in [0, 0.1) is 0 Å². The zero-order chi connectivity index (χ0) is 9.99. The summed E-state index contributed by atoms with van der Waals surface area (Å²) in [6, 6.07) is 0. The van der Waals surface area contributed by atoms with Crippen molar-refractivity contribution in [1.29, 1.82) is 0 Å². The minimum atomic E-state index is -5.10. The Labute approximate surface area is 66.0 Å². The summed E-state index contributed by atoms with van der Waals surface area (Å²) >= 11 is 0. The molecule has 0 spiro atoms. The van der Waals surface area contributed by atoms with E-state index in [9.17, 15) is 9.13 Å². The van der Waals surface area contributed by atoms with Crippen LogP contribution >= 0.6 is 15.2 Å². The van der Waals surface area contributed by atoms with E-state index in [4.69, 9.17) is 25.1 Å². The molecule has 0 saturated heterocycles. The lowest BCUT2D eigenvalue weighted by molar-refractivity contribution is 0.339. The summed E-state index contributed by atoms with van der Waals surface area (Å²) in [5.41, 5.74) is 5.11. The standard InChI is InChI=1S/CH5N3O6P2/c2-4-3-1(11(5,6)7)12(8,9)10/h1H,(H2,5,6,7)(H2,8,9,10). The fourth-order valence-electron chi connectivity index (χ4n) is 0.377. The summed E-state index contributed by atoms with van der Waals surface area (Å²) in [4.78, 5) is 35.1. The summed E-state index contributed by atoms with van der Waals surface area (Å²) in [6.45, 7) is 0. The fraction of sp³-hybridized carbons (Fsp3) is 1.00. The minimum absolute atomic E-state index is 1.91. The van der Waals surface area contributed by atoms with E-state index >= 15 is 0 Å². The topological polar surface area (TPSA) is 164 Å². The highest BCUT2D eigenvalue weighted by atomic mass is 31.2. The molecule has 12 heavy (non-hydrogen) atoms. The highest BCUT2D eigenvalue weighted by Crippen LogP contribution is 2.60. The van der Waals surface area contributed by atoms with Gasteiger partial charge in [0, 0.05) is 4.91 Å². The van der Waals surface area contributed by atoms with Crippen LogP contribution in [0.1, 0.15) is 0 Å². The van der Waals surface area contributed by atoms with Gasteiger partial charge in [0.2, 0.25) is 5.52 Å². The molecular formula is CH5N3O6P2. The van der Waals surface area contributed by atoms with Gasteiger partial charge in [-0.15, -0.1) is 0 Å². The van der Waals surface area contributed by atoms with Crippen molar-refractivity contribution >= 4 is 15.2 Å². The molecule has 0 aliphatic rings. The van der Waals surface area contributed by atoms with Gasteiger partial charge in [0.1, 0.15) is 0 Å². The maximum Gasteiger partial charge on any atom is 0.346 e. The lowest BCUT2D eigenvalue weighted by atomic mass is 11.5. The van der Waals surface area contributed by atoms with Gasteiger partial charge in [0.25, 0.3) is 0 Å². The van der Waals surface area contributed by atoms with Crippen molar-refractivity contribution in [3.8, 4) is 0 Å². The highest BCUT2D eigenvalue weighted by Gasteiger charge is 2.42. The molecule has 0 aliphatic carbocycles. The zero-order valence-electron chi connectivity index (χ0n) is 5.42. The number of hydrogen-bond donors (Lipinski definition) is 4. The molecule has 9 nitrogen and oxygen atoms in total. The van der Waals surface area contributed by atoms with Crippen molar-refractivity contribution in [2.75, 3.05) is 0 Å². The van der Waals surface area contributed by atoms with Gasteiger partial charge in [-0.1, -0.05) is 5.11 Å². The molecular weight excluding hydrogens is 212 g/mol. The van der Waals surface area contributed by atoms with Crippen molar-refractivity contribution in [2.24, 2.45) is 5.11 Å². The monoisotopic (exact) mass is 217 g/mol. The van der Waals surface area contributed by atoms with Gasteiger partial charge < -0.3 is 19.6 Å². The van der Waals surface area contributed by atoms with E-state index in [1.165, 1.54) is 0 Å². The zero-order valence-corrected chi connectivity index (χ0v) is 7.21. The molecule has 0 rings (SSSR count). The predicted molar refractivity (Wildman–Crippen MR) is 37.0 cm³/mol. The van der Waals surface area contributed by atoms with E-state index in [-0.39, 0.29) is 0 Å². The van der Waals surface area contributed by atoms with Crippen molar-refractivity contribution in [3.63, 3.8) is 0 Å². The first kappa shape index (κ1) is 11.6. The maximum absolute atomic E-state index is 10.3. The van der Waals surface area contributed by atoms with Gasteiger partial charge in [0.15, 0.2) is 0 Å². The first-order valence-corrected chi connectivity index (χ1v) is 5.70. The third-order valence-electron chi connectivity index (χ3n) is 0.757. The number of nitrogens with zero attached hydrogens (tertiary/aromatic N) is 3. The molecule has 0 radical (unpaired) electrons. The van der Waals surface area contributed by atoms with Crippen molar-refractivity contribution < 1.29 is 28.7 Å². The van der Waals surface area contributed by atoms with E-state index in [2.05, 4.69) is 5.11 Å². The summed E-state index contributed by atoms with van der Waals surface area (Å²) in [5.74, 6) is 0. The molecule has 0 unspecified atom stereocenters. The Bertz CT molecular complexity index is 272. The van der Waals surface area contributed by atoms with Crippen LogP contribution in [-0.4, -0.2) is 25.1 Å². The van der Waals surface area contributed by atoms with E-state index in [0.29, 0.717) is 0 Å². The second-order valence-corrected chi connectivity index (χ2v) is 5.47. The van der Waals surface area contributed by atoms with E-state index in [1.807, 2.05) is 4.91 Å². The molecule has 0 saturated carbocycles. The smallest absolute Gasteiger partial charge is 0.324 e. The first-order valence-electron chi connectivity index (χ1n) is 2.34. The molecule has 0 amide bonds. The van der Waals surface area contributed by atoms with Crippen molar-refractivity contribution in [2.45, 2.75) is 5.52 Å². The Hall–Kier alpha value is -0.390. The molecule has 11 heteroatoms. The van der Waals surface area contributed by atoms with Crippen LogP contribution < -0.4 is 0 Å². The molecule has 0 aliphatic heterocycles. The quantitative estimate of drug-likeness (QED) is 0.223. The van der Waals surface area contributed by atoms with Crippen molar-refractivity contribution in [1.82, 2.24) is 0 Å². The van der Waals surface area contributed by atoms with Gasteiger partial charge in [-0.3, -0.25) is 9.13 Å². The number of azide groups is 1. The Morgan fingerprint density at radius 3 is 1.58 bits per heavy atom. The van der Waals surface area contributed by atoms with Crippen LogP contribution in [0.2, 0.25) is 0 Å². The van der Waals surface area contributed by atoms with Crippen LogP contribution in [-0.2, 0) is 9.13 Å². The van der Waals surface area contributed by atoms with Gasteiger partial charge in [-0.25, -0.2) is 0 Å². The van der Waals surface area contributed by atoms with Crippen LogP contribution in [0.5, 0.6) is 0 Å². The number of hydrogen-bond acceptors (Lipinski definition) is 3. The fourth-order valence-corrected chi connectivity index (χ4v) is 2.31. The van der Waals surface area contributed by atoms with Gasteiger partial charge in [-0.2, -0.15) is 0 Å². The van der Waals surface area contributed by atoms with Crippen LogP contribution in [0.15, 0.2) is 5.11 Å². The summed E-state index contributed by atoms with van der Waals surface area (Å²) in [7, 11) is -10.2. The molecule has 0 fully saturated rings. The molecule has 0 aromatic carbocycles. The number of rotatable bonds is 3. The molecule has 0 atom stereocenters. The highest BCUT2D eigenvalue weighted by molar-refractivity contribution is 7.70. The molecule has 0 heterocycles. The average Bonchev–Trinajstić information content (AvgIpc) is 1.77. The third-order valence-corrected chi connectivity index (χ3v) is 3.97. The second kappa shape index (κ2) is 3.55. The largest absolute Gasteiger partial charge is 0.346 e. The molecule has 0 aromatic rings. The van der Waals surface area contributed by atoms with Crippen LogP contribution in [0.4, 0.5) is 0 Å². The van der Waals surface area contributed by atoms with Gasteiger partial charge in [-0.05, 0) is 5.53 Å². The van der Waals surface area contributed by atoms with E-state index in [1.54, 1.807) is 0 Å². The summed E-state index contributed by atoms with van der Waals surface area (Å²) in [5, 5.41) is 2.32. The SMILES string of the molecule is [N-]=[N+]=NC(P(=O)(O)O)P(=O)(O)O. The average molecular weight is 217 g/mol. The Morgan fingerprint density at radius 2 is 1.50 bits per heavy atom. The normalized spacial score (nSPS) is 12.8. The summed E-state index contributed by atoms with van der Waals surface area (Å²) in [6.07, 6.45) is 0. The van der Waals surface area contributed by atoms with E-state index in [0.717, 1.165) is 0 Å². The second-order valence-electron chi connectivity index (χ2n) is 1.73. The molecule has 4 N–H and O–H groups in total. The van der Waals surface area contributed by atoms with Gasteiger partial charge in [0.05, 0.1) is 0 Å². The van der Waals surface area contributed by atoms with E-state index < -0.39 is 20.7 Å². The Kier molecular flexibility index (Phi) is 3.44. The first-order chi connectivity index (χ1) is 5.19. The minimum Gasteiger partial charge on any atom is -0.324 e. The lowest BCUT2D eigenvalue weighted by Gasteiger charge is -2.13. The Balaban J connectivity index is 5.09. The van der Waals surface area contributed by atoms with Crippen LogP contribution in [0.3, 0.4) is 0 Å². The summed E-state index contributed by atoms with van der Waals surface area (Å²) < 4.78 is 20.6. The van der Waals surface area contributed by atoms with Crippen LogP contribution in [0.25, 0.3) is 10.4 Å². The predicted octanol–water partition coefficient (Wildman–Crippen LogP) is -0.0643. The Morgan fingerprint density at radius 1 is 1.17 bits per heavy atom. The molecule has 0 aromatic heterocycles. The van der Waals surface area contributed by atoms with Crippen molar-refractivity contribution in [3.05, 3.63) is 10.4 Å². The third kappa shape index (κ3) is 3.34. The lowest BCUT2D eigenvalue weighted by Crippen LogP contribution is -2.04. The van der Waals surface area contributed by atoms with Gasteiger partial charge >= 0.3 is 15.2 Å². The molecule has 0 bridgehead atoms. The maximum atomic E-state index is 10.3. The molecule has 70 valence electrons.